The zero-order valence-electron chi connectivity index (χ0n) is 14.4. The molecule has 0 spiro atoms. The minimum Gasteiger partial charge on any atom is -0.444 e. The number of amides is 1. The van der Waals surface area contributed by atoms with Crippen LogP contribution in [0.2, 0.25) is 0 Å². The van der Waals surface area contributed by atoms with Crippen molar-refractivity contribution in [3.8, 4) is 0 Å². The highest BCUT2D eigenvalue weighted by molar-refractivity contribution is 9.09. The Morgan fingerprint density at radius 3 is 2.41 bits per heavy atom. The Morgan fingerprint density at radius 2 is 1.95 bits per heavy atom. The first kappa shape index (κ1) is 19.7. The molecular formula is C16H30BrNO4. The lowest BCUT2D eigenvalue weighted by molar-refractivity contribution is -0.0810. The van der Waals surface area contributed by atoms with Crippen molar-refractivity contribution in [1.82, 2.24) is 5.32 Å². The van der Waals surface area contributed by atoms with Gasteiger partial charge < -0.3 is 19.5 Å². The van der Waals surface area contributed by atoms with Crippen molar-refractivity contribution in [2.75, 3.05) is 25.1 Å². The first-order valence-corrected chi connectivity index (χ1v) is 9.09. The predicted octanol–water partition coefficient (Wildman–Crippen LogP) is 3.50. The molecular weight excluding hydrogens is 350 g/mol. The second-order valence-electron chi connectivity index (χ2n) is 7.08. The molecule has 1 aliphatic carbocycles. The van der Waals surface area contributed by atoms with Crippen LogP contribution < -0.4 is 5.32 Å². The number of rotatable bonds is 9. The molecule has 0 radical (unpaired) electrons. The molecule has 2 unspecified atom stereocenters. The highest BCUT2D eigenvalue weighted by Crippen LogP contribution is 2.35. The predicted molar refractivity (Wildman–Crippen MR) is 90.5 cm³/mol. The Morgan fingerprint density at radius 1 is 1.32 bits per heavy atom. The lowest BCUT2D eigenvalue weighted by atomic mass is 10.1. The molecule has 0 aromatic heterocycles. The van der Waals surface area contributed by atoms with Gasteiger partial charge in [0, 0.05) is 11.9 Å². The average Bonchev–Trinajstić information content (AvgIpc) is 3.24. The van der Waals surface area contributed by atoms with E-state index >= 15 is 0 Å². The summed E-state index contributed by atoms with van der Waals surface area (Å²) in [7, 11) is 0. The van der Waals surface area contributed by atoms with E-state index in [4.69, 9.17) is 14.2 Å². The summed E-state index contributed by atoms with van der Waals surface area (Å²) in [6.45, 7) is 11.1. The molecule has 1 rings (SSSR count). The quantitative estimate of drug-likeness (QED) is 0.622. The smallest absolute Gasteiger partial charge is 0.407 e. The Bertz CT molecular complexity index is 355. The number of nitrogens with one attached hydrogen (secondary N) is 1. The van der Waals surface area contributed by atoms with Crippen molar-refractivity contribution >= 4 is 22.0 Å². The van der Waals surface area contributed by atoms with Crippen LogP contribution in [-0.2, 0) is 14.2 Å². The van der Waals surface area contributed by atoms with E-state index in [0.717, 1.165) is 0 Å². The van der Waals surface area contributed by atoms with Gasteiger partial charge in [0.25, 0.3) is 0 Å². The summed E-state index contributed by atoms with van der Waals surface area (Å²) in [5, 5.41) is 3.40. The van der Waals surface area contributed by atoms with Crippen LogP contribution in [-0.4, -0.2) is 48.5 Å². The highest BCUT2D eigenvalue weighted by Gasteiger charge is 2.34. The average molecular weight is 380 g/mol. The minimum absolute atomic E-state index is 0.157. The molecule has 0 bridgehead atoms. The summed E-state index contributed by atoms with van der Waals surface area (Å²) in [4.78, 5) is 11.8. The van der Waals surface area contributed by atoms with Crippen molar-refractivity contribution in [1.29, 1.82) is 0 Å². The molecule has 0 aliphatic heterocycles. The number of ether oxygens (including phenoxy) is 3. The van der Waals surface area contributed by atoms with Gasteiger partial charge in [-0.05, 0) is 53.4 Å². The SMILES string of the molecule is CCOC(COC(C)(CBr)CNC(=O)OC(C)(C)C)C1CC1. The second kappa shape index (κ2) is 8.50. The third-order valence-electron chi connectivity index (χ3n) is 3.41. The van der Waals surface area contributed by atoms with Crippen molar-refractivity contribution in [2.45, 2.75) is 64.8 Å². The monoisotopic (exact) mass is 379 g/mol. The van der Waals surface area contributed by atoms with E-state index in [1.54, 1.807) is 0 Å². The molecule has 1 N–H and O–H groups in total. The van der Waals surface area contributed by atoms with Gasteiger partial charge >= 0.3 is 6.09 Å². The first-order valence-electron chi connectivity index (χ1n) is 7.97. The Balaban J connectivity index is 2.40. The van der Waals surface area contributed by atoms with E-state index in [9.17, 15) is 4.79 Å². The van der Waals surface area contributed by atoms with Crippen LogP contribution in [0, 0.1) is 5.92 Å². The first-order chi connectivity index (χ1) is 10.2. The molecule has 5 nitrogen and oxygen atoms in total. The number of hydrogen-bond donors (Lipinski definition) is 1. The Kier molecular flexibility index (Phi) is 7.62. The number of alkyl halides is 1. The van der Waals surface area contributed by atoms with E-state index in [2.05, 4.69) is 21.2 Å². The number of halogens is 1. The maximum Gasteiger partial charge on any atom is 0.407 e. The fourth-order valence-corrected chi connectivity index (χ4v) is 2.36. The van der Waals surface area contributed by atoms with Gasteiger partial charge in [-0.2, -0.15) is 0 Å². The molecule has 0 aromatic carbocycles. The lowest BCUT2D eigenvalue weighted by Gasteiger charge is -2.31. The van der Waals surface area contributed by atoms with Gasteiger partial charge in [-0.15, -0.1) is 0 Å². The van der Waals surface area contributed by atoms with Crippen LogP contribution in [0.15, 0.2) is 0 Å². The third-order valence-corrected chi connectivity index (χ3v) is 4.60. The van der Waals surface area contributed by atoms with Gasteiger partial charge in [-0.25, -0.2) is 4.79 Å². The molecule has 22 heavy (non-hydrogen) atoms. The van der Waals surface area contributed by atoms with Gasteiger partial charge in [0.2, 0.25) is 0 Å². The van der Waals surface area contributed by atoms with Crippen LogP contribution in [0.5, 0.6) is 0 Å². The summed E-state index contributed by atoms with van der Waals surface area (Å²) in [5.41, 5.74) is -0.983. The van der Waals surface area contributed by atoms with Crippen LogP contribution in [0.1, 0.15) is 47.5 Å². The molecule has 1 saturated carbocycles. The summed E-state index contributed by atoms with van der Waals surface area (Å²) in [5.74, 6) is 0.623. The molecule has 6 heteroatoms. The Labute approximate surface area is 142 Å². The van der Waals surface area contributed by atoms with Crippen molar-refractivity contribution in [3.05, 3.63) is 0 Å². The zero-order chi connectivity index (χ0) is 16.8. The van der Waals surface area contributed by atoms with Gasteiger partial charge in [0.15, 0.2) is 0 Å². The third kappa shape index (κ3) is 7.79. The maximum absolute atomic E-state index is 11.8. The van der Waals surface area contributed by atoms with Crippen molar-refractivity contribution < 1.29 is 19.0 Å². The van der Waals surface area contributed by atoms with Gasteiger partial charge in [0.05, 0.1) is 24.9 Å². The number of alkyl carbamates (subject to hydrolysis) is 1. The molecule has 1 aliphatic rings. The minimum atomic E-state index is -0.498. The highest BCUT2D eigenvalue weighted by atomic mass is 79.9. The van der Waals surface area contributed by atoms with Gasteiger partial charge in [0.1, 0.15) is 5.60 Å². The number of hydrogen-bond acceptors (Lipinski definition) is 4. The van der Waals surface area contributed by atoms with Crippen LogP contribution in [0.4, 0.5) is 4.79 Å². The van der Waals surface area contributed by atoms with E-state index in [1.807, 2.05) is 34.6 Å². The zero-order valence-corrected chi connectivity index (χ0v) is 16.0. The van der Waals surface area contributed by atoms with Gasteiger partial charge in [-0.1, -0.05) is 15.9 Å². The summed E-state index contributed by atoms with van der Waals surface area (Å²) < 4.78 is 17.0. The fourth-order valence-electron chi connectivity index (χ4n) is 2.00. The van der Waals surface area contributed by atoms with Crippen LogP contribution >= 0.6 is 15.9 Å². The molecule has 0 heterocycles. The largest absolute Gasteiger partial charge is 0.444 e. The molecule has 1 fully saturated rings. The standard InChI is InChI=1S/C16H30BrNO4/c1-6-20-13(12-7-8-12)9-21-16(5,10-17)11-18-14(19)22-15(2,3)4/h12-13H,6-11H2,1-5H3,(H,18,19). The van der Waals surface area contributed by atoms with E-state index in [0.29, 0.717) is 31.0 Å². The molecule has 2 atom stereocenters. The summed E-state index contributed by atoms with van der Waals surface area (Å²) in [6, 6.07) is 0. The van der Waals surface area contributed by atoms with E-state index in [1.165, 1.54) is 12.8 Å². The van der Waals surface area contributed by atoms with E-state index in [-0.39, 0.29) is 6.10 Å². The van der Waals surface area contributed by atoms with E-state index < -0.39 is 17.3 Å². The molecule has 1 amide bonds. The second-order valence-corrected chi connectivity index (χ2v) is 7.64. The summed E-state index contributed by atoms with van der Waals surface area (Å²) >= 11 is 3.47. The normalized spacial score (nSPS) is 19.4. The van der Waals surface area contributed by atoms with Gasteiger partial charge in [-0.3, -0.25) is 0 Å². The van der Waals surface area contributed by atoms with Crippen LogP contribution in [0.3, 0.4) is 0 Å². The Hall–Kier alpha value is -0.330. The molecule has 0 aromatic rings. The van der Waals surface area contributed by atoms with Crippen molar-refractivity contribution in [3.63, 3.8) is 0 Å². The fraction of sp³-hybridized carbons (Fsp3) is 0.938. The topological polar surface area (TPSA) is 56.8 Å². The maximum atomic E-state index is 11.8. The summed E-state index contributed by atoms with van der Waals surface area (Å²) in [6.07, 6.45) is 2.17. The molecule has 0 saturated heterocycles. The van der Waals surface area contributed by atoms with Crippen molar-refractivity contribution in [2.24, 2.45) is 5.92 Å². The molecule has 130 valence electrons. The number of carbonyl (C=O) groups is 1. The lowest BCUT2D eigenvalue weighted by Crippen LogP contribution is -2.47. The number of carbonyl (C=O) groups excluding carboxylic acids is 1. The van der Waals surface area contributed by atoms with Crippen LogP contribution in [0.25, 0.3) is 0 Å².